The van der Waals surface area contributed by atoms with E-state index >= 15 is 0 Å². The maximum atomic E-state index is 6.06. The van der Waals surface area contributed by atoms with Crippen molar-refractivity contribution >= 4 is 0 Å². The Morgan fingerprint density at radius 3 is 2.58 bits per heavy atom. The number of hydrogen-bond acceptors (Lipinski definition) is 2. The van der Waals surface area contributed by atoms with Gasteiger partial charge < -0.3 is 11.5 Å². The maximum absolute atomic E-state index is 6.06. The Morgan fingerprint density at radius 2 is 2.00 bits per heavy atom. The Bertz CT molecular complexity index is 132. The van der Waals surface area contributed by atoms with Gasteiger partial charge in [0.15, 0.2) is 0 Å². The van der Waals surface area contributed by atoms with E-state index < -0.39 is 0 Å². The van der Waals surface area contributed by atoms with Crippen molar-refractivity contribution in [1.82, 2.24) is 0 Å². The SMILES string of the molecule is CCC(C)C1CC(N)CCC1N. The summed E-state index contributed by atoms with van der Waals surface area (Å²) >= 11 is 0. The molecule has 1 rings (SSSR count). The summed E-state index contributed by atoms with van der Waals surface area (Å²) in [5.74, 6) is 1.41. The van der Waals surface area contributed by atoms with Crippen LogP contribution in [0.4, 0.5) is 0 Å². The summed E-state index contributed by atoms with van der Waals surface area (Å²) in [6, 6.07) is 0.809. The second-order valence-corrected chi connectivity index (χ2v) is 4.29. The highest BCUT2D eigenvalue weighted by Crippen LogP contribution is 2.30. The van der Waals surface area contributed by atoms with Crippen LogP contribution in [0.1, 0.15) is 39.5 Å². The minimum Gasteiger partial charge on any atom is -0.328 e. The molecule has 72 valence electrons. The third kappa shape index (κ3) is 2.20. The highest BCUT2D eigenvalue weighted by Gasteiger charge is 2.29. The highest BCUT2D eigenvalue weighted by atomic mass is 14.7. The average molecular weight is 170 g/mol. The molecule has 2 heteroatoms. The van der Waals surface area contributed by atoms with Crippen LogP contribution in [0, 0.1) is 11.8 Å². The Hall–Kier alpha value is -0.0800. The van der Waals surface area contributed by atoms with Crippen LogP contribution in [0.5, 0.6) is 0 Å². The van der Waals surface area contributed by atoms with Gasteiger partial charge in [0, 0.05) is 12.1 Å². The lowest BCUT2D eigenvalue weighted by atomic mass is 9.75. The summed E-state index contributed by atoms with van der Waals surface area (Å²) in [5, 5.41) is 0. The molecule has 0 amide bonds. The first-order chi connectivity index (χ1) is 5.65. The molecule has 1 aliphatic rings. The van der Waals surface area contributed by atoms with Gasteiger partial charge in [0.25, 0.3) is 0 Å². The topological polar surface area (TPSA) is 52.0 Å². The Morgan fingerprint density at radius 1 is 1.33 bits per heavy atom. The molecule has 0 aromatic heterocycles. The van der Waals surface area contributed by atoms with Gasteiger partial charge in [0.05, 0.1) is 0 Å². The van der Waals surface area contributed by atoms with Gasteiger partial charge in [-0.05, 0) is 31.1 Å². The van der Waals surface area contributed by atoms with Crippen LogP contribution >= 0.6 is 0 Å². The first kappa shape index (κ1) is 10.0. The van der Waals surface area contributed by atoms with Crippen LogP contribution in [-0.4, -0.2) is 12.1 Å². The van der Waals surface area contributed by atoms with E-state index in [1.165, 1.54) is 6.42 Å². The maximum Gasteiger partial charge on any atom is 0.00708 e. The summed E-state index contributed by atoms with van der Waals surface area (Å²) in [7, 11) is 0. The average Bonchev–Trinajstić information content (AvgIpc) is 2.08. The van der Waals surface area contributed by atoms with Gasteiger partial charge >= 0.3 is 0 Å². The molecule has 0 saturated heterocycles. The van der Waals surface area contributed by atoms with Crippen LogP contribution in [0.3, 0.4) is 0 Å². The van der Waals surface area contributed by atoms with Gasteiger partial charge in [-0.2, -0.15) is 0 Å². The molecule has 4 atom stereocenters. The normalized spacial score (nSPS) is 39.5. The van der Waals surface area contributed by atoms with E-state index in [1.807, 2.05) is 0 Å². The molecule has 0 aliphatic heterocycles. The smallest absolute Gasteiger partial charge is 0.00708 e. The van der Waals surface area contributed by atoms with Crippen molar-refractivity contribution in [2.45, 2.75) is 51.6 Å². The van der Waals surface area contributed by atoms with Crippen molar-refractivity contribution in [2.75, 3.05) is 0 Å². The summed E-state index contributed by atoms with van der Waals surface area (Å²) in [6.07, 6.45) is 4.60. The molecular weight excluding hydrogens is 148 g/mol. The van der Waals surface area contributed by atoms with Crippen molar-refractivity contribution < 1.29 is 0 Å². The third-order valence-corrected chi connectivity index (χ3v) is 3.37. The van der Waals surface area contributed by atoms with Crippen LogP contribution < -0.4 is 11.5 Å². The van der Waals surface area contributed by atoms with Gasteiger partial charge in [-0.15, -0.1) is 0 Å². The highest BCUT2D eigenvalue weighted by molar-refractivity contribution is 4.86. The lowest BCUT2D eigenvalue weighted by Gasteiger charge is -2.36. The lowest BCUT2D eigenvalue weighted by Crippen LogP contribution is -2.43. The summed E-state index contributed by atoms with van der Waals surface area (Å²) in [5.41, 5.74) is 12.0. The zero-order chi connectivity index (χ0) is 9.14. The predicted octanol–water partition coefficient (Wildman–Crippen LogP) is 1.49. The number of rotatable bonds is 2. The van der Waals surface area contributed by atoms with Gasteiger partial charge in [-0.25, -0.2) is 0 Å². The molecule has 1 saturated carbocycles. The van der Waals surface area contributed by atoms with Crippen molar-refractivity contribution in [2.24, 2.45) is 23.3 Å². The second kappa shape index (κ2) is 4.24. The zero-order valence-electron chi connectivity index (χ0n) is 8.29. The minimum atomic E-state index is 0.403. The third-order valence-electron chi connectivity index (χ3n) is 3.37. The van der Waals surface area contributed by atoms with Gasteiger partial charge in [-0.1, -0.05) is 20.3 Å². The van der Waals surface area contributed by atoms with Gasteiger partial charge in [0.1, 0.15) is 0 Å². The van der Waals surface area contributed by atoms with Crippen LogP contribution in [0.15, 0.2) is 0 Å². The van der Waals surface area contributed by atoms with E-state index in [9.17, 15) is 0 Å². The minimum absolute atomic E-state index is 0.403. The van der Waals surface area contributed by atoms with Crippen LogP contribution in [0.25, 0.3) is 0 Å². The van der Waals surface area contributed by atoms with E-state index in [0.29, 0.717) is 18.0 Å². The first-order valence-electron chi connectivity index (χ1n) is 5.16. The van der Waals surface area contributed by atoms with E-state index in [0.717, 1.165) is 25.2 Å². The lowest BCUT2D eigenvalue weighted by molar-refractivity contribution is 0.205. The van der Waals surface area contributed by atoms with E-state index in [1.54, 1.807) is 0 Å². The fourth-order valence-corrected chi connectivity index (χ4v) is 2.22. The molecule has 0 aromatic carbocycles. The van der Waals surface area contributed by atoms with Gasteiger partial charge in [-0.3, -0.25) is 0 Å². The fraction of sp³-hybridized carbons (Fsp3) is 1.00. The number of hydrogen-bond donors (Lipinski definition) is 2. The zero-order valence-corrected chi connectivity index (χ0v) is 8.29. The molecule has 0 spiro atoms. The summed E-state index contributed by atoms with van der Waals surface area (Å²) < 4.78 is 0. The van der Waals surface area contributed by atoms with E-state index in [4.69, 9.17) is 11.5 Å². The Labute approximate surface area is 75.7 Å². The van der Waals surface area contributed by atoms with Crippen molar-refractivity contribution in [3.05, 3.63) is 0 Å². The molecule has 4 N–H and O–H groups in total. The van der Waals surface area contributed by atoms with E-state index in [2.05, 4.69) is 13.8 Å². The van der Waals surface area contributed by atoms with Crippen molar-refractivity contribution in [3.63, 3.8) is 0 Å². The molecule has 0 bridgehead atoms. The number of nitrogens with two attached hydrogens (primary N) is 2. The van der Waals surface area contributed by atoms with E-state index in [-0.39, 0.29) is 0 Å². The fourth-order valence-electron chi connectivity index (χ4n) is 2.22. The summed E-state index contributed by atoms with van der Waals surface area (Å²) in [4.78, 5) is 0. The van der Waals surface area contributed by atoms with Crippen molar-refractivity contribution in [1.29, 1.82) is 0 Å². The summed E-state index contributed by atoms with van der Waals surface area (Å²) in [6.45, 7) is 4.53. The molecule has 0 radical (unpaired) electrons. The second-order valence-electron chi connectivity index (χ2n) is 4.29. The molecule has 2 nitrogen and oxygen atoms in total. The Kier molecular flexibility index (Phi) is 3.53. The largest absolute Gasteiger partial charge is 0.328 e. The molecule has 12 heavy (non-hydrogen) atoms. The quantitative estimate of drug-likeness (QED) is 0.659. The first-order valence-corrected chi connectivity index (χ1v) is 5.16. The molecule has 0 aromatic rings. The molecule has 1 aliphatic carbocycles. The molecule has 0 heterocycles. The monoisotopic (exact) mass is 170 g/mol. The Balaban J connectivity index is 2.48. The molecule has 4 unspecified atom stereocenters. The predicted molar refractivity (Wildman–Crippen MR) is 52.7 cm³/mol. The molecule has 1 fully saturated rings. The van der Waals surface area contributed by atoms with Gasteiger partial charge in [0.2, 0.25) is 0 Å². The van der Waals surface area contributed by atoms with Crippen LogP contribution in [-0.2, 0) is 0 Å². The standard InChI is InChI=1S/C10H22N2/c1-3-7(2)9-6-8(11)4-5-10(9)12/h7-10H,3-6,11-12H2,1-2H3. The van der Waals surface area contributed by atoms with Crippen molar-refractivity contribution in [3.8, 4) is 0 Å². The molecular formula is C10H22N2. The van der Waals surface area contributed by atoms with Crippen LogP contribution in [0.2, 0.25) is 0 Å².